The molecule has 0 aliphatic carbocycles. The predicted octanol–water partition coefficient (Wildman–Crippen LogP) is 4.30. The number of aliphatic hydroxyl groups is 1. The van der Waals surface area contributed by atoms with E-state index in [0.717, 1.165) is 28.5 Å². The van der Waals surface area contributed by atoms with Crippen molar-refractivity contribution in [2.24, 2.45) is 0 Å². The van der Waals surface area contributed by atoms with Crippen molar-refractivity contribution in [3.8, 4) is 0 Å². The number of fused-ring (bicyclic) bond motifs is 3. The third-order valence-corrected chi connectivity index (χ3v) is 4.32. The number of benzene rings is 2. The number of hydrogen-bond donors (Lipinski definition) is 2. The molecule has 5 heteroatoms. The molecule has 2 N–H and O–H groups in total. The summed E-state index contributed by atoms with van der Waals surface area (Å²) < 4.78 is 5.99. The molecule has 2 aromatic heterocycles. The molecule has 5 nitrogen and oxygen atoms in total. The van der Waals surface area contributed by atoms with Crippen molar-refractivity contribution in [3.63, 3.8) is 0 Å². The largest absolute Gasteiger partial charge is 0.450 e. The Kier molecular flexibility index (Phi) is 4.31. The van der Waals surface area contributed by atoms with Gasteiger partial charge in [0.15, 0.2) is 11.4 Å². The third-order valence-electron chi connectivity index (χ3n) is 4.32. The van der Waals surface area contributed by atoms with Gasteiger partial charge in [-0.15, -0.1) is 0 Å². The lowest BCUT2D eigenvalue weighted by molar-refractivity contribution is 0.281. The molecule has 0 aliphatic rings. The van der Waals surface area contributed by atoms with Crippen LogP contribution < -0.4 is 5.32 Å². The molecule has 0 fully saturated rings. The SMILES string of the molecule is OCCCC(Nc1ncnc2c1oc1ccccc12)c1ccccc1. The van der Waals surface area contributed by atoms with Crippen LogP contribution in [0.25, 0.3) is 22.1 Å². The van der Waals surface area contributed by atoms with Crippen molar-refractivity contribution in [2.45, 2.75) is 18.9 Å². The summed E-state index contributed by atoms with van der Waals surface area (Å²) in [5.41, 5.74) is 3.42. The van der Waals surface area contributed by atoms with Crippen molar-refractivity contribution >= 4 is 27.9 Å². The standard InChI is InChI=1S/C20H19N3O2/c24-12-6-10-16(14-7-2-1-3-8-14)23-20-19-18(21-13-22-20)15-9-4-5-11-17(15)25-19/h1-5,7-9,11,13,16,24H,6,10,12H2,(H,21,22,23). The summed E-state index contributed by atoms with van der Waals surface area (Å²) in [5.74, 6) is 0.674. The van der Waals surface area contributed by atoms with Crippen LogP contribution in [-0.2, 0) is 0 Å². The molecule has 0 saturated carbocycles. The first-order chi connectivity index (χ1) is 12.4. The van der Waals surface area contributed by atoms with Gasteiger partial charge in [0.1, 0.15) is 17.4 Å². The zero-order valence-corrected chi connectivity index (χ0v) is 13.7. The summed E-state index contributed by atoms with van der Waals surface area (Å²) in [4.78, 5) is 8.78. The van der Waals surface area contributed by atoms with Crippen LogP contribution in [0.1, 0.15) is 24.4 Å². The fraction of sp³-hybridized carbons (Fsp3) is 0.200. The van der Waals surface area contributed by atoms with Crippen molar-refractivity contribution in [1.82, 2.24) is 9.97 Å². The van der Waals surface area contributed by atoms with E-state index in [0.29, 0.717) is 17.8 Å². The number of hydrogen-bond acceptors (Lipinski definition) is 5. The minimum Gasteiger partial charge on any atom is -0.450 e. The molecule has 4 aromatic rings. The highest BCUT2D eigenvalue weighted by Crippen LogP contribution is 2.32. The molecule has 0 spiro atoms. The number of aromatic nitrogens is 2. The maximum Gasteiger partial charge on any atom is 0.196 e. The Hall–Kier alpha value is -2.92. The highest BCUT2D eigenvalue weighted by Gasteiger charge is 2.17. The lowest BCUT2D eigenvalue weighted by Gasteiger charge is -2.19. The zero-order chi connectivity index (χ0) is 17.1. The lowest BCUT2D eigenvalue weighted by Crippen LogP contribution is -2.12. The van der Waals surface area contributed by atoms with E-state index in [2.05, 4.69) is 27.4 Å². The molecule has 1 unspecified atom stereocenters. The van der Waals surface area contributed by atoms with Gasteiger partial charge in [0.2, 0.25) is 0 Å². The Labute approximate surface area is 145 Å². The molecule has 2 aromatic carbocycles. The Morgan fingerprint density at radius 1 is 1.00 bits per heavy atom. The molecule has 25 heavy (non-hydrogen) atoms. The zero-order valence-electron chi connectivity index (χ0n) is 13.7. The smallest absolute Gasteiger partial charge is 0.196 e. The van der Waals surface area contributed by atoms with Gasteiger partial charge in [-0.25, -0.2) is 9.97 Å². The van der Waals surface area contributed by atoms with E-state index in [9.17, 15) is 5.11 Å². The first-order valence-corrected chi connectivity index (χ1v) is 8.41. The maximum absolute atomic E-state index is 9.22. The summed E-state index contributed by atoms with van der Waals surface area (Å²) in [6.45, 7) is 0.162. The van der Waals surface area contributed by atoms with Crippen LogP contribution in [-0.4, -0.2) is 21.7 Å². The van der Waals surface area contributed by atoms with Crippen LogP contribution in [0.15, 0.2) is 65.3 Å². The first-order valence-electron chi connectivity index (χ1n) is 8.41. The number of anilines is 1. The van der Waals surface area contributed by atoms with Crippen molar-refractivity contribution in [3.05, 3.63) is 66.5 Å². The average Bonchev–Trinajstić information content (AvgIpc) is 3.05. The van der Waals surface area contributed by atoms with E-state index in [-0.39, 0.29) is 12.6 Å². The Morgan fingerprint density at radius 3 is 2.64 bits per heavy atom. The van der Waals surface area contributed by atoms with Crippen molar-refractivity contribution < 1.29 is 9.52 Å². The van der Waals surface area contributed by atoms with Gasteiger partial charge in [-0.05, 0) is 30.5 Å². The van der Waals surface area contributed by atoms with Crippen molar-refractivity contribution in [2.75, 3.05) is 11.9 Å². The van der Waals surface area contributed by atoms with E-state index in [1.165, 1.54) is 0 Å². The molecular formula is C20H19N3O2. The number of nitrogens with one attached hydrogen (secondary N) is 1. The molecule has 4 rings (SSSR count). The van der Waals surface area contributed by atoms with Crippen molar-refractivity contribution in [1.29, 1.82) is 0 Å². The Balaban J connectivity index is 1.75. The summed E-state index contributed by atoms with van der Waals surface area (Å²) in [7, 11) is 0. The van der Waals surface area contributed by atoms with E-state index in [1.807, 2.05) is 42.5 Å². The second-order valence-electron chi connectivity index (χ2n) is 5.97. The quantitative estimate of drug-likeness (QED) is 0.550. The molecule has 0 bridgehead atoms. The number of furan rings is 1. The highest BCUT2D eigenvalue weighted by molar-refractivity contribution is 6.05. The second kappa shape index (κ2) is 6.91. The third kappa shape index (κ3) is 3.06. The number of rotatable bonds is 6. The van der Waals surface area contributed by atoms with Gasteiger partial charge in [-0.1, -0.05) is 42.5 Å². The van der Waals surface area contributed by atoms with E-state index in [4.69, 9.17) is 4.42 Å². The Morgan fingerprint density at radius 2 is 1.80 bits per heavy atom. The van der Waals surface area contributed by atoms with Gasteiger partial charge in [0.25, 0.3) is 0 Å². The van der Waals surface area contributed by atoms with E-state index >= 15 is 0 Å². The van der Waals surface area contributed by atoms with Gasteiger partial charge >= 0.3 is 0 Å². The van der Waals surface area contributed by atoms with Gasteiger partial charge < -0.3 is 14.8 Å². The molecular weight excluding hydrogens is 314 g/mol. The molecule has 0 aliphatic heterocycles. The fourth-order valence-corrected chi connectivity index (χ4v) is 3.09. The maximum atomic E-state index is 9.22. The summed E-state index contributed by atoms with van der Waals surface area (Å²) in [6.07, 6.45) is 3.06. The van der Waals surface area contributed by atoms with Crippen LogP contribution >= 0.6 is 0 Å². The highest BCUT2D eigenvalue weighted by atomic mass is 16.3. The minimum absolute atomic E-state index is 0.0414. The lowest BCUT2D eigenvalue weighted by atomic mass is 10.0. The van der Waals surface area contributed by atoms with Crippen LogP contribution in [0.2, 0.25) is 0 Å². The topological polar surface area (TPSA) is 71.2 Å². The normalized spacial score (nSPS) is 12.5. The average molecular weight is 333 g/mol. The minimum atomic E-state index is 0.0414. The van der Waals surface area contributed by atoms with Crippen LogP contribution in [0.4, 0.5) is 5.82 Å². The molecule has 2 heterocycles. The van der Waals surface area contributed by atoms with E-state index in [1.54, 1.807) is 6.33 Å². The molecule has 126 valence electrons. The number of para-hydroxylation sites is 1. The monoisotopic (exact) mass is 333 g/mol. The van der Waals surface area contributed by atoms with Gasteiger partial charge in [0, 0.05) is 12.0 Å². The van der Waals surface area contributed by atoms with Crippen LogP contribution in [0, 0.1) is 0 Å². The molecule has 0 radical (unpaired) electrons. The number of nitrogens with zero attached hydrogens (tertiary/aromatic N) is 2. The van der Waals surface area contributed by atoms with Gasteiger partial charge in [-0.3, -0.25) is 0 Å². The van der Waals surface area contributed by atoms with E-state index < -0.39 is 0 Å². The van der Waals surface area contributed by atoms with Crippen LogP contribution in [0.3, 0.4) is 0 Å². The summed E-state index contributed by atoms with van der Waals surface area (Å²) in [6, 6.07) is 18.1. The summed E-state index contributed by atoms with van der Waals surface area (Å²) >= 11 is 0. The van der Waals surface area contributed by atoms with Crippen LogP contribution in [0.5, 0.6) is 0 Å². The second-order valence-corrected chi connectivity index (χ2v) is 5.97. The number of aliphatic hydroxyl groups excluding tert-OH is 1. The van der Waals surface area contributed by atoms with Gasteiger partial charge in [0.05, 0.1) is 6.04 Å². The Bertz CT molecular complexity index is 982. The predicted molar refractivity (Wildman–Crippen MR) is 98.4 cm³/mol. The molecule has 0 saturated heterocycles. The van der Waals surface area contributed by atoms with Gasteiger partial charge in [-0.2, -0.15) is 0 Å². The first kappa shape index (κ1) is 15.6. The molecule has 1 atom stereocenters. The summed E-state index contributed by atoms with van der Waals surface area (Å²) in [5, 5.41) is 13.7. The fourth-order valence-electron chi connectivity index (χ4n) is 3.09. The molecule has 0 amide bonds.